The molecule has 0 aromatic heterocycles. The maximum Gasteiger partial charge on any atom is 0.302 e. The van der Waals surface area contributed by atoms with Gasteiger partial charge in [-0.1, -0.05) is 18.3 Å². The highest BCUT2D eigenvalue weighted by atomic mass is 16.5. The maximum atomic E-state index is 12.7. The second-order valence-electron chi connectivity index (χ2n) is 17.0. The summed E-state index contributed by atoms with van der Waals surface area (Å²) < 4.78 is 12.4. The van der Waals surface area contributed by atoms with Gasteiger partial charge in [0.1, 0.15) is 12.2 Å². The number of ether oxygens (including phenoxy) is 2. The minimum Gasteiger partial charge on any atom is -0.504 e. The number of carbonyl (C=O) groups is 1. The van der Waals surface area contributed by atoms with Crippen molar-refractivity contribution in [2.75, 3.05) is 52.5 Å². The lowest BCUT2D eigenvalue weighted by Gasteiger charge is -2.47. The Morgan fingerprint density at radius 1 is 1.06 bits per heavy atom. The summed E-state index contributed by atoms with van der Waals surface area (Å²) in [5.74, 6) is 7.28. The van der Waals surface area contributed by atoms with Crippen LogP contribution in [-0.2, 0) is 16.0 Å². The predicted molar refractivity (Wildman–Crippen MR) is 201 cm³/mol. The lowest BCUT2D eigenvalue weighted by molar-refractivity contribution is -0.152. The van der Waals surface area contributed by atoms with Gasteiger partial charge in [0.15, 0.2) is 23.7 Å². The third-order valence-electron chi connectivity index (χ3n) is 12.8. The lowest BCUT2D eigenvalue weighted by Crippen LogP contribution is -2.56. The number of aliphatic hydroxyl groups excluding tert-OH is 3. The first-order chi connectivity index (χ1) is 25.9. The van der Waals surface area contributed by atoms with Gasteiger partial charge in [0, 0.05) is 76.1 Å². The van der Waals surface area contributed by atoms with E-state index in [0.717, 1.165) is 58.4 Å². The number of hydrogen-bond donors (Lipinski definition) is 8. The van der Waals surface area contributed by atoms with Crippen molar-refractivity contribution in [2.24, 2.45) is 39.8 Å². The van der Waals surface area contributed by atoms with Crippen molar-refractivity contribution in [1.29, 1.82) is 0 Å². The number of hydrogen-bond acceptors (Lipinski definition) is 14. The van der Waals surface area contributed by atoms with E-state index in [9.17, 15) is 30.3 Å². The monoisotopic (exact) mass is 752 g/mol. The number of nitrogens with one attached hydrogen (secondary N) is 2. The molecule has 7 aliphatic rings. The number of nitrogens with two attached hydrogens (primary N) is 1. The molecule has 9 N–H and O–H groups in total. The number of esters is 1. The Labute approximate surface area is 318 Å². The third kappa shape index (κ3) is 9.26. The first-order valence-electron chi connectivity index (χ1n) is 20.1. The van der Waals surface area contributed by atoms with E-state index in [-0.39, 0.29) is 54.5 Å². The molecule has 8 bridgehead atoms. The SMILES string of the molecule is CC(=O)OC1CC(O)CCC2(C#CC3CCCC4CC(CCN4)Oc4cc(c(C(O)O)cc4O)CC31)CNC(N)=NCN1CC3CC(C1)CN(C3)CC2O. The van der Waals surface area contributed by atoms with E-state index in [1.165, 1.54) is 19.4 Å². The highest BCUT2D eigenvalue weighted by Gasteiger charge is 2.43. The van der Waals surface area contributed by atoms with Crippen molar-refractivity contribution in [3.8, 4) is 23.3 Å². The number of piperidine rings is 3. The van der Waals surface area contributed by atoms with Crippen LogP contribution in [0.15, 0.2) is 17.1 Å². The minimum atomic E-state index is -1.88. The van der Waals surface area contributed by atoms with Gasteiger partial charge < -0.3 is 56.3 Å². The quantitative estimate of drug-likeness (QED) is 0.120. The van der Waals surface area contributed by atoms with Crippen LogP contribution in [0.4, 0.5) is 0 Å². The topological polar surface area (TPSA) is 206 Å². The van der Waals surface area contributed by atoms with Crippen molar-refractivity contribution in [2.45, 2.75) is 108 Å². The number of aliphatic hydroxyl groups is 4. The molecule has 10 atom stereocenters. The van der Waals surface area contributed by atoms with Crippen molar-refractivity contribution in [1.82, 2.24) is 20.4 Å². The van der Waals surface area contributed by atoms with E-state index >= 15 is 0 Å². The fourth-order valence-electron chi connectivity index (χ4n) is 10.2. The zero-order valence-electron chi connectivity index (χ0n) is 31.5. The number of benzene rings is 1. The fourth-order valence-corrected chi connectivity index (χ4v) is 10.2. The first-order valence-corrected chi connectivity index (χ1v) is 20.1. The van der Waals surface area contributed by atoms with E-state index in [1.807, 2.05) is 0 Å². The second-order valence-corrected chi connectivity index (χ2v) is 17.0. The van der Waals surface area contributed by atoms with Crippen LogP contribution in [0.5, 0.6) is 11.5 Å². The van der Waals surface area contributed by atoms with Crippen LogP contribution in [0.2, 0.25) is 0 Å². The molecule has 14 nitrogen and oxygen atoms in total. The van der Waals surface area contributed by atoms with Crippen molar-refractivity contribution < 1.29 is 39.8 Å². The highest BCUT2D eigenvalue weighted by Crippen LogP contribution is 2.41. The van der Waals surface area contributed by atoms with Crippen molar-refractivity contribution >= 4 is 11.9 Å². The van der Waals surface area contributed by atoms with Crippen LogP contribution in [0.3, 0.4) is 0 Å². The summed E-state index contributed by atoms with van der Waals surface area (Å²) in [6, 6.07) is 3.20. The molecule has 8 rings (SSSR count). The summed E-state index contributed by atoms with van der Waals surface area (Å²) in [6.07, 6.45) is 1.52. The molecule has 1 spiro atoms. The Hall–Kier alpha value is -3.16. The maximum absolute atomic E-state index is 12.7. The molecule has 54 heavy (non-hydrogen) atoms. The first kappa shape index (κ1) is 39.1. The van der Waals surface area contributed by atoms with Crippen LogP contribution in [0.25, 0.3) is 0 Å². The van der Waals surface area contributed by atoms with Gasteiger partial charge in [-0.3, -0.25) is 9.69 Å². The van der Waals surface area contributed by atoms with Gasteiger partial charge in [-0.2, -0.15) is 0 Å². The molecule has 14 heteroatoms. The van der Waals surface area contributed by atoms with Crippen LogP contribution in [0.1, 0.15) is 82.1 Å². The summed E-state index contributed by atoms with van der Waals surface area (Å²) in [5.41, 5.74) is 6.12. The van der Waals surface area contributed by atoms with E-state index in [4.69, 9.17) is 15.2 Å². The Morgan fingerprint density at radius 2 is 1.83 bits per heavy atom. The Balaban J connectivity index is 1.32. The van der Waals surface area contributed by atoms with E-state index in [1.54, 1.807) is 6.07 Å². The number of aliphatic imine (C=N–C) groups is 1. The molecule has 6 heterocycles. The van der Waals surface area contributed by atoms with Crippen LogP contribution < -0.4 is 21.1 Å². The average molecular weight is 753 g/mol. The Bertz CT molecular complexity index is 1570. The summed E-state index contributed by atoms with van der Waals surface area (Å²) in [6.45, 7) is 7.01. The minimum absolute atomic E-state index is 0.124. The van der Waals surface area contributed by atoms with Crippen LogP contribution >= 0.6 is 0 Å². The van der Waals surface area contributed by atoms with Crippen molar-refractivity contribution in [3.05, 3.63) is 23.3 Å². The zero-order valence-corrected chi connectivity index (χ0v) is 31.5. The van der Waals surface area contributed by atoms with Crippen LogP contribution in [0, 0.1) is 40.9 Å². The largest absolute Gasteiger partial charge is 0.504 e. The van der Waals surface area contributed by atoms with Gasteiger partial charge in [0.2, 0.25) is 0 Å². The number of carbonyl (C=O) groups excluding carboxylic acids is 1. The zero-order chi connectivity index (χ0) is 38.0. The molecular formula is C40H60N6O8. The molecular weight excluding hydrogens is 692 g/mol. The molecule has 3 saturated heterocycles. The highest BCUT2D eigenvalue weighted by molar-refractivity contribution is 5.77. The van der Waals surface area contributed by atoms with E-state index in [0.29, 0.717) is 55.8 Å². The number of aromatic hydroxyl groups is 1. The van der Waals surface area contributed by atoms with Gasteiger partial charge >= 0.3 is 5.97 Å². The lowest BCUT2D eigenvalue weighted by atomic mass is 9.72. The normalized spacial score (nSPS) is 38.9. The predicted octanol–water partition coefficient (Wildman–Crippen LogP) is 0.790. The van der Waals surface area contributed by atoms with Gasteiger partial charge in [0.05, 0.1) is 24.3 Å². The number of fused-ring (bicyclic) bond motifs is 9. The third-order valence-corrected chi connectivity index (χ3v) is 12.8. The molecule has 0 radical (unpaired) electrons. The molecule has 0 amide bonds. The standard InChI is InChI=1S/C40H60N6O8/c1-24(47)53-35-15-30(48)6-9-40(22-43-39(41)44-23-46-19-25-11-26(20-46)18-45(17-25)21-37(40)50)8-5-27-3-2-4-29-14-31(7-10-42-29)54-36-13-28(12-32(27)35)33(38(51)52)16-34(36)49/h13,16,25-27,29-32,35,37-38,42,48-52H,2-4,6-7,9-12,14-15,17-23H2,1H3,(H3,41,43,44). The van der Waals surface area contributed by atoms with Gasteiger partial charge in [-0.05, 0) is 87.4 Å². The molecule has 6 aliphatic heterocycles. The molecule has 3 fully saturated rings. The number of nitrogens with zero attached hydrogens (tertiary/aromatic N) is 3. The van der Waals surface area contributed by atoms with E-state index in [2.05, 4.69) is 37.3 Å². The van der Waals surface area contributed by atoms with Gasteiger partial charge in [0.25, 0.3) is 0 Å². The van der Waals surface area contributed by atoms with Gasteiger partial charge in [-0.25, -0.2) is 4.99 Å². The summed E-state index contributed by atoms with van der Waals surface area (Å²) in [7, 11) is 0. The molecule has 1 aromatic rings. The summed E-state index contributed by atoms with van der Waals surface area (Å²) >= 11 is 0. The average Bonchev–Trinajstić information content (AvgIpc) is 3.12. The Kier molecular flexibility index (Phi) is 12.2. The Morgan fingerprint density at radius 3 is 2.59 bits per heavy atom. The number of guanidine groups is 1. The molecule has 1 aromatic carbocycles. The molecule has 298 valence electrons. The van der Waals surface area contributed by atoms with Gasteiger partial charge in [-0.15, -0.1) is 0 Å². The van der Waals surface area contributed by atoms with Crippen molar-refractivity contribution in [3.63, 3.8) is 0 Å². The fraction of sp³-hybridized carbons (Fsp3) is 0.750. The summed E-state index contributed by atoms with van der Waals surface area (Å²) in [5, 5.41) is 63.0. The number of phenols is 1. The summed E-state index contributed by atoms with van der Waals surface area (Å²) in [4.78, 5) is 22.1. The number of phenolic OH excluding ortho intramolecular Hbond substituents is 1. The molecule has 1 aliphatic carbocycles. The smallest absolute Gasteiger partial charge is 0.302 e. The molecule has 10 unspecified atom stereocenters. The van der Waals surface area contributed by atoms with E-state index < -0.39 is 41.9 Å². The second kappa shape index (κ2) is 16.9. The molecule has 0 saturated carbocycles. The number of rotatable bonds is 2. The van der Waals surface area contributed by atoms with Crippen LogP contribution in [-0.4, -0.2) is 130 Å².